The lowest BCUT2D eigenvalue weighted by atomic mass is 9.73. The maximum atomic E-state index is 13.9. The van der Waals surface area contributed by atoms with Crippen molar-refractivity contribution in [2.45, 2.75) is 50.6 Å². The molecule has 0 bridgehead atoms. The average Bonchev–Trinajstić information content (AvgIpc) is 3.48. The first kappa shape index (κ1) is 24.4. The van der Waals surface area contributed by atoms with Gasteiger partial charge in [0.25, 0.3) is 5.91 Å². The van der Waals surface area contributed by atoms with Gasteiger partial charge in [0.2, 0.25) is 5.91 Å². The summed E-state index contributed by atoms with van der Waals surface area (Å²) in [6.45, 7) is 3.92. The molecule has 0 unspecified atom stereocenters. The highest BCUT2D eigenvalue weighted by Crippen LogP contribution is 2.38. The fraction of sp³-hybridized carbons (Fsp3) is 0.464. The van der Waals surface area contributed by atoms with E-state index in [-0.39, 0.29) is 36.0 Å². The van der Waals surface area contributed by atoms with Crippen molar-refractivity contribution >= 4 is 17.8 Å². The Kier molecular flexibility index (Phi) is 6.79. The number of benzene rings is 2. The van der Waals surface area contributed by atoms with Crippen LogP contribution in [0.15, 0.2) is 48.5 Å². The summed E-state index contributed by atoms with van der Waals surface area (Å²) in [6, 6.07) is 13.3. The molecule has 4 amide bonds. The topological polar surface area (TPSA) is 79.0 Å². The van der Waals surface area contributed by atoms with Crippen LogP contribution < -0.4 is 5.32 Å². The predicted molar refractivity (Wildman–Crippen MR) is 132 cm³/mol. The van der Waals surface area contributed by atoms with Crippen molar-refractivity contribution in [2.24, 2.45) is 5.92 Å². The van der Waals surface area contributed by atoms with Crippen molar-refractivity contribution in [3.63, 3.8) is 0 Å². The summed E-state index contributed by atoms with van der Waals surface area (Å²) >= 11 is 0. The van der Waals surface area contributed by atoms with Gasteiger partial charge in [-0.1, -0.05) is 36.4 Å². The molecule has 8 heteroatoms. The van der Waals surface area contributed by atoms with Crippen molar-refractivity contribution < 1.29 is 23.5 Å². The fourth-order valence-corrected chi connectivity index (χ4v) is 5.84. The first-order valence-electron chi connectivity index (χ1n) is 12.7. The van der Waals surface area contributed by atoms with Gasteiger partial charge in [0, 0.05) is 26.1 Å². The number of carbonyl (C=O) groups is 3. The third kappa shape index (κ3) is 4.62. The largest absolute Gasteiger partial charge is 0.379 e. The number of rotatable bonds is 6. The summed E-state index contributed by atoms with van der Waals surface area (Å²) in [5.41, 5.74) is 1.77. The number of nitrogens with zero attached hydrogens (tertiary/aromatic N) is 2. The van der Waals surface area contributed by atoms with Crippen molar-refractivity contribution in [2.75, 3.05) is 26.3 Å². The van der Waals surface area contributed by atoms with Crippen LogP contribution in [-0.4, -0.2) is 65.5 Å². The summed E-state index contributed by atoms with van der Waals surface area (Å²) < 4.78 is 19.0. The molecule has 3 saturated heterocycles. The Morgan fingerprint density at radius 2 is 1.81 bits per heavy atom. The molecular weight excluding hydrogens is 461 g/mol. The molecule has 0 saturated carbocycles. The van der Waals surface area contributed by atoms with E-state index in [0.717, 1.165) is 16.7 Å². The van der Waals surface area contributed by atoms with Gasteiger partial charge in [0.15, 0.2) is 0 Å². The number of halogens is 1. The predicted octanol–water partition coefficient (Wildman–Crippen LogP) is 3.24. The Bertz CT molecular complexity index is 1140. The van der Waals surface area contributed by atoms with Gasteiger partial charge in [-0.3, -0.25) is 14.5 Å². The molecule has 36 heavy (non-hydrogen) atoms. The van der Waals surface area contributed by atoms with E-state index in [1.54, 1.807) is 12.1 Å². The van der Waals surface area contributed by atoms with Crippen molar-refractivity contribution in [3.8, 4) is 0 Å². The molecule has 3 aliphatic heterocycles. The van der Waals surface area contributed by atoms with E-state index < -0.39 is 11.6 Å². The first-order chi connectivity index (χ1) is 17.4. The summed E-state index contributed by atoms with van der Waals surface area (Å²) in [5.74, 6) is -0.660. The number of likely N-dealkylation sites (tertiary alicyclic amines) is 1. The molecule has 3 heterocycles. The number of amides is 4. The Hall–Kier alpha value is -3.26. The van der Waals surface area contributed by atoms with E-state index in [9.17, 15) is 18.8 Å². The number of urea groups is 1. The first-order valence-corrected chi connectivity index (χ1v) is 12.7. The lowest BCUT2D eigenvalue weighted by Gasteiger charge is -2.41. The molecule has 0 radical (unpaired) electrons. The molecule has 2 atom stereocenters. The molecule has 190 valence electrons. The SMILES string of the molecule is Cc1ccccc1CC(=O)N1CCC([C@@]2(Cc3ccc(F)cc3)NC(=O)N([C@H]3CCOC3)C2=O)CC1. The summed E-state index contributed by atoms with van der Waals surface area (Å²) in [5, 5.41) is 3.05. The second-order valence-corrected chi connectivity index (χ2v) is 10.2. The molecule has 0 spiro atoms. The molecular formula is C28H32FN3O4. The van der Waals surface area contributed by atoms with Crippen LogP contribution in [0.2, 0.25) is 0 Å². The van der Waals surface area contributed by atoms with E-state index in [0.29, 0.717) is 52.0 Å². The van der Waals surface area contributed by atoms with E-state index >= 15 is 0 Å². The van der Waals surface area contributed by atoms with E-state index in [1.165, 1.54) is 17.0 Å². The Labute approximate surface area is 210 Å². The van der Waals surface area contributed by atoms with Gasteiger partial charge in [0.1, 0.15) is 11.4 Å². The highest BCUT2D eigenvalue weighted by molar-refractivity contribution is 6.07. The lowest BCUT2D eigenvalue weighted by molar-refractivity contribution is -0.137. The van der Waals surface area contributed by atoms with Crippen LogP contribution in [0.25, 0.3) is 0 Å². The minimum absolute atomic E-state index is 0.0712. The number of nitrogens with one attached hydrogen (secondary N) is 1. The van der Waals surface area contributed by atoms with Crippen LogP contribution in [-0.2, 0) is 27.2 Å². The Balaban J connectivity index is 1.35. The monoisotopic (exact) mass is 493 g/mol. The molecule has 1 N–H and O–H groups in total. The highest BCUT2D eigenvalue weighted by atomic mass is 19.1. The zero-order valence-electron chi connectivity index (χ0n) is 20.5. The molecule has 0 aromatic heterocycles. The number of hydrogen-bond donors (Lipinski definition) is 1. The number of hydrogen-bond acceptors (Lipinski definition) is 4. The standard InChI is InChI=1S/C28H32FN3O4/c1-19-4-2-3-5-21(19)16-25(33)31-13-10-22(11-14-31)28(17-20-6-8-23(29)9-7-20)26(34)32(27(35)30-28)24-12-15-36-18-24/h2-9,22,24H,10-18H2,1H3,(H,30,35)/t24-,28+/m0/s1. The van der Waals surface area contributed by atoms with Gasteiger partial charge in [-0.15, -0.1) is 0 Å². The normalized spacial score (nSPS) is 24.9. The van der Waals surface area contributed by atoms with Gasteiger partial charge >= 0.3 is 6.03 Å². The number of ether oxygens (including phenoxy) is 1. The van der Waals surface area contributed by atoms with E-state index in [4.69, 9.17) is 4.74 Å². The number of piperidine rings is 1. The average molecular weight is 494 g/mol. The van der Waals surface area contributed by atoms with Gasteiger partial charge in [-0.2, -0.15) is 0 Å². The maximum Gasteiger partial charge on any atom is 0.325 e. The molecule has 3 fully saturated rings. The summed E-state index contributed by atoms with van der Waals surface area (Å²) in [7, 11) is 0. The zero-order chi connectivity index (χ0) is 25.3. The number of imide groups is 1. The summed E-state index contributed by atoms with van der Waals surface area (Å²) in [6.07, 6.45) is 2.45. The minimum Gasteiger partial charge on any atom is -0.379 e. The Morgan fingerprint density at radius 3 is 2.47 bits per heavy atom. The highest BCUT2D eigenvalue weighted by Gasteiger charge is 2.57. The lowest BCUT2D eigenvalue weighted by Crippen LogP contribution is -2.58. The third-order valence-corrected chi connectivity index (χ3v) is 7.96. The van der Waals surface area contributed by atoms with Gasteiger partial charge < -0.3 is 15.0 Å². The fourth-order valence-electron chi connectivity index (χ4n) is 5.84. The van der Waals surface area contributed by atoms with Crippen LogP contribution in [0.5, 0.6) is 0 Å². The minimum atomic E-state index is -1.12. The molecule has 2 aromatic carbocycles. The van der Waals surface area contributed by atoms with Crippen molar-refractivity contribution in [1.29, 1.82) is 0 Å². The maximum absolute atomic E-state index is 13.9. The van der Waals surface area contributed by atoms with Gasteiger partial charge in [-0.25, -0.2) is 9.18 Å². The molecule has 7 nitrogen and oxygen atoms in total. The molecule has 2 aromatic rings. The van der Waals surface area contributed by atoms with Crippen LogP contribution >= 0.6 is 0 Å². The van der Waals surface area contributed by atoms with Crippen molar-refractivity contribution in [3.05, 3.63) is 71.0 Å². The van der Waals surface area contributed by atoms with Crippen LogP contribution in [0.1, 0.15) is 36.0 Å². The molecule has 0 aliphatic carbocycles. The summed E-state index contributed by atoms with van der Waals surface area (Å²) in [4.78, 5) is 43.2. The van der Waals surface area contributed by atoms with Gasteiger partial charge in [0.05, 0.1) is 19.1 Å². The number of carbonyl (C=O) groups excluding carboxylic acids is 3. The molecule has 5 rings (SSSR count). The van der Waals surface area contributed by atoms with E-state index in [2.05, 4.69) is 5.32 Å². The second kappa shape index (κ2) is 10.0. The Morgan fingerprint density at radius 1 is 1.08 bits per heavy atom. The number of aryl methyl sites for hydroxylation is 1. The van der Waals surface area contributed by atoms with E-state index in [1.807, 2.05) is 36.1 Å². The third-order valence-electron chi connectivity index (χ3n) is 7.96. The van der Waals surface area contributed by atoms with Crippen LogP contribution in [0.3, 0.4) is 0 Å². The van der Waals surface area contributed by atoms with Crippen LogP contribution in [0.4, 0.5) is 9.18 Å². The van der Waals surface area contributed by atoms with Crippen LogP contribution in [0, 0.1) is 18.7 Å². The molecule has 3 aliphatic rings. The van der Waals surface area contributed by atoms with Gasteiger partial charge in [-0.05, 0) is 60.9 Å². The second-order valence-electron chi connectivity index (χ2n) is 10.2. The smallest absolute Gasteiger partial charge is 0.325 e. The quantitative estimate of drug-likeness (QED) is 0.627. The zero-order valence-corrected chi connectivity index (χ0v) is 20.5. The van der Waals surface area contributed by atoms with Crippen molar-refractivity contribution in [1.82, 2.24) is 15.1 Å².